The van der Waals surface area contributed by atoms with E-state index in [0.717, 1.165) is 39.1 Å². The van der Waals surface area contributed by atoms with Crippen molar-refractivity contribution >= 4 is 0 Å². The summed E-state index contributed by atoms with van der Waals surface area (Å²) >= 11 is 0. The third-order valence-corrected chi connectivity index (χ3v) is 3.44. The molecular weight excluding hydrogens is 252 g/mol. The Labute approximate surface area is 122 Å². The minimum Gasteiger partial charge on any atom is -0.385 e. The summed E-state index contributed by atoms with van der Waals surface area (Å²) in [5, 5.41) is 0. The highest BCUT2D eigenvalue weighted by atomic mass is 16.5. The molecule has 0 aromatic heterocycles. The zero-order valence-electron chi connectivity index (χ0n) is 12.8. The second-order valence-corrected chi connectivity index (χ2v) is 4.88. The lowest BCUT2D eigenvalue weighted by molar-refractivity contribution is 0.103. The van der Waals surface area contributed by atoms with Crippen LogP contribution in [0.4, 0.5) is 0 Å². The Morgan fingerprint density at radius 2 is 1.75 bits per heavy atom. The Bertz CT molecular complexity index is 333. The Kier molecular flexibility index (Phi) is 9.24. The zero-order chi connectivity index (χ0) is 14.6. The molecule has 1 aromatic carbocycles. The van der Waals surface area contributed by atoms with Crippen molar-refractivity contribution in [2.45, 2.75) is 18.9 Å². The fourth-order valence-electron chi connectivity index (χ4n) is 2.44. The number of ether oxygens (including phenoxy) is 2. The third kappa shape index (κ3) is 6.01. The van der Waals surface area contributed by atoms with Crippen LogP contribution in [0, 0.1) is 0 Å². The highest BCUT2D eigenvalue weighted by Gasteiger charge is 2.19. The van der Waals surface area contributed by atoms with Gasteiger partial charge in [0, 0.05) is 40.0 Å². The molecule has 4 nitrogen and oxygen atoms in total. The highest BCUT2D eigenvalue weighted by molar-refractivity contribution is 5.19. The van der Waals surface area contributed by atoms with Gasteiger partial charge in [0.2, 0.25) is 0 Å². The Morgan fingerprint density at radius 1 is 1.05 bits per heavy atom. The minimum absolute atomic E-state index is 0.355. The molecule has 0 saturated heterocycles. The van der Waals surface area contributed by atoms with Gasteiger partial charge in [-0.3, -0.25) is 4.90 Å². The van der Waals surface area contributed by atoms with Crippen molar-refractivity contribution in [3.63, 3.8) is 0 Å². The van der Waals surface area contributed by atoms with E-state index in [9.17, 15) is 0 Å². The Hall–Kier alpha value is -0.940. The van der Waals surface area contributed by atoms with Crippen LogP contribution in [0.25, 0.3) is 0 Å². The van der Waals surface area contributed by atoms with Gasteiger partial charge in [-0.2, -0.15) is 0 Å². The minimum atomic E-state index is 0.355. The number of hydrogen-bond donors (Lipinski definition) is 1. The van der Waals surface area contributed by atoms with Crippen LogP contribution in [0.1, 0.15) is 24.4 Å². The molecule has 0 bridgehead atoms. The normalized spacial score (nSPS) is 12.8. The van der Waals surface area contributed by atoms with Crippen LogP contribution in [0.5, 0.6) is 0 Å². The lowest BCUT2D eigenvalue weighted by Crippen LogP contribution is -2.34. The highest BCUT2D eigenvalue weighted by Crippen LogP contribution is 2.23. The predicted molar refractivity (Wildman–Crippen MR) is 82.8 cm³/mol. The number of hydrogen-bond acceptors (Lipinski definition) is 4. The lowest BCUT2D eigenvalue weighted by Gasteiger charge is -2.32. The van der Waals surface area contributed by atoms with E-state index in [4.69, 9.17) is 15.2 Å². The second-order valence-electron chi connectivity index (χ2n) is 4.88. The molecule has 1 aromatic rings. The fourth-order valence-corrected chi connectivity index (χ4v) is 2.44. The molecule has 4 heteroatoms. The number of methoxy groups -OCH3 is 2. The Morgan fingerprint density at radius 3 is 2.35 bits per heavy atom. The first-order valence-corrected chi connectivity index (χ1v) is 7.30. The van der Waals surface area contributed by atoms with E-state index in [1.54, 1.807) is 14.2 Å². The van der Waals surface area contributed by atoms with E-state index in [1.807, 2.05) is 6.07 Å². The van der Waals surface area contributed by atoms with E-state index < -0.39 is 0 Å². The van der Waals surface area contributed by atoms with Gasteiger partial charge in [-0.1, -0.05) is 30.3 Å². The van der Waals surface area contributed by atoms with Crippen LogP contribution < -0.4 is 5.73 Å². The van der Waals surface area contributed by atoms with Crippen LogP contribution in [-0.4, -0.2) is 52.0 Å². The summed E-state index contributed by atoms with van der Waals surface area (Å²) < 4.78 is 10.4. The average molecular weight is 280 g/mol. The summed E-state index contributed by atoms with van der Waals surface area (Å²) in [5.41, 5.74) is 7.13. The van der Waals surface area contributed by atoms with Crippen LogP contribution in [0.2, 0.25) is 0 Å². The molecule has 1 unspecified atom stereocenters. The molecule has 0 aliphatic rings. The van der Waals surface area contributed by atoms with E-state index in [2.05, 4.69) is 29.2 Å². The number of benzene rings is 1. The molecule has 0 aliphatic carbocycles. The van der Waals surface area contributed by atoms with Gasteiger partial charge >= 0.3 is 0 Å². The summed E-state index contributed by atoms with van der Waals surface area (Å²) in [4.78, 5) is 2.45. The van der Waals surface area contributed by atoms with Gasteiger partial charge < -0.3 is 15.2 Å². The maximum Gasteiger partial charge on any atom is 0.0589 e. The van der Waals surface area contributed by atoms with Gasteiger partial charge in [0.25, 0.3) is 0 Å². The predicted octanol–water partition coefficient (Wildman–Crippen LogP) is 2.06. The van der Waals surface area contributed by atoms with Crippen molar-refractivity contribution in [2.24, 2.45) is 5.73 Å². The molecule has 0 spiro atoms. The third-order valence-electron chi connectivity index (χ3n) is 3.44. The van der Waals surface area contributed by atoms with Gasteiger partial charge in [0.05, 0.1) is 6.61 Å². The summed E-state index contributed by atoms with van der Waals surface area (Å²) in [6, 6.07) is 10.9. The van der Waals surface area contributed by atoms with E-state index >= 15 is 0 Å². The molecule has 0 radical (unpaired) electrons. The quantitative estimate of drug-likeness (QED) is 0.630. The van der Waals surface area contributed by atoms with Gasteiger partial charge in [0.1, 0.15) is 0 Å². The zero-order valence-corrected chi connectivity index (χ0v) is 12.8. The Balaban J connectivity index is 2.74. The molecule has 1 rings (SSSR count). The van der Waals surface area contributed by atoms with Gasteiger partial charge in [-0.15, -0.1) is 0 Å². The van der Waals surface area contributed by atoms with Crippen LogP contribution >= 0.6 is 0 Å². The second kappa shape index (κ2) is 10.8. The largest absolute Gasteiger partial charge is 0.385 e. The van der Waals surface area contributed by atoms with E-state index in [-0.39, 0.29) is 0 Å². The summed E-state index contributed by atoms with van der Waals surface area (Å²) in [6.45, 7) is 4.12. The van der Waals surface area contributed by atoms with Gasteiger partial charge in [-0.25, -0.2) is 0 Å². The molecule has 0 saturated carbocycles. The molecule has 2 N–H and O–H groups in total. The van der Waals surface area contributed by atoms with Crippen molar-refractivity contribution in [3.8, 4) is 0 Å². The van der Waals surface area contributed by atoms with E-state index in [1.165, 1.54) is 5.56 Å². The van der Waals surface area contributed by atoms with Crippen LogP contribution in [-0.2, 0) is 9.47 Å². The smallest absolute Gasteiger partial charge is 0.0589 e. The molecule has 114 valence electrons. The van der Waals surface area contributed by atoms with Gasteiger partial charge in [0.15, 0.2) is 0 Å². The molecule has 20 heavy (non-hydrogen) atoms. The summed E-state index contributed by atoms with van der Waals surface area (Å²) in [5.74, 6) is 0. The molecule has 1 atom stereocenters. The van der Waals surface area contributed by atoms with E-state index in [0.29, 0.717) is 12.6 Å². The van der Waals surface area contributed by atoms with Crippen LogP contribution in [0.3, 0.4) is 0 Å². The first-order valence-electron chi connectivity index (χ1n) is 7.30. The monoisotopic (exact) mass is 280 g/mol. The summed E-state index contributed by atoms with van der Waals surface area (Å²) in [6.07, 6.45) is 1.98. The van der Waals surface area contributed by atoms with Gasteiger partial charge in [-0.05, 0) is 24.9 Å². The molecule has 0 heterocycles. The molecule has 0 aliphatic heterocycles. The lowest BCUT2D eigenvalue weighted by atomic mass is 10.0. The first-order chi connectivity index (χ1) is 9.83. The standard InChI is InChI=1S/C16H28N2O2/c1-19-13-6-11-18(12-14-20-2)16(9-10-17)15-7-4-3-5-8-15/h3-5,7-8,16H,6,9-14,17H2,1-2H3. The topological polar surface area (TPSA) is 47.7 Å². The average Bonchev–Trinajstić information content (AvgIpc) is 2.50. The van der Waals surface area contributed by atoms with Crippen molar-refractivity contribution < 1.29 is 9.47 Å². The fraction of sp³-hybridized carbons (Fsp3) is 0.625. The van der Waals surface area contributed by atoms with Crippen LogP contribution in [0.15, 0.2) is 30.3 Å². The number of nitrogens with two attached hydrogens (primary N) is 1. The summed E-state index contributed by atoms with van der Waals surface area (Å²) in [7, 11) is 3.49. The SMILES string of the molecule is COCCCN(CCOC)C(CCN)c1ccccc1. The molecule has 0 amide bonds. The number of rotatable bonds is 11. The maximum atomic E-state index is 5.81. The number of nitrogens with zero attached hydrogens (tertiary/aromatic N) is 1. The molecular formula is C16H28N2O2. The van der Waals surface area contributed by atoms with Crippen molar-refractivity contribution in [2.75, 3.05) is 47.1 Å². The maximum absolute atomic E-state index is 5.81. The molecule has 0 fully saturated rings. The first kappa shape index (κ1) is 17.1. The van der Waals surface area contributed by atoms with Crippen molar-refractivity contribution in [1.29, 1.82) is 0 Å². The van der Waals surface area contributed by atoms with Crippen molar-refractivity contribution in [1.82, 2.24) is 4.90 Å². The van der Waals surface area contributed by atoms with Crippen molar-refractivity contribution in [3.05, 3.63) is 35.9 Å².